The van der Waals surface area contributed by atoms with Crippen LogP contribution >= 0.6 is 23.1 Å². The van der Waals surface area contributed by atoms with Crippen LogP contribution in [0.4, 0.5) is 0 Å². The van der Waals surface area contributed by atoms with Gasteiger partial charge < -0.3 is 0 Å². The average molecular weight is 237 g/mol. The minimum absolute atomic E-state index is 0.0277. The van der Waals surface area contributed by atoms with E-state index in [1.165, 1.54) is 21.3 Å². The van der Waals surface area contributed by atoms with E-state index in [1.54, 1.807) is 11.3 Å². The van der Waals surface area contributed by atoms with E-state index in [4.69, 9.17) is 0 Å². The Balaban J connectivity index is 1.89. The largest absolute Gasteiger partial charge is 0.271 e. The summed E-state index contributed by atoms with van der Waals surface area (Å²) in [4.78, 5) is 16.9. The van der Waals surface area contributed by atoms with Gasteiger partial charge in [-0.05, 0) is 11.4 Å². The van der Waals surface area contributed by atoms with Crippen molar-refractivity contribution in [2.45, 2.75) is 11.6 Å². The third kappa shape index (κ3) is 1.59. The highest BCUT2D eigenvalue weighted by Gasteiger charge is 2.23. The van der Waals surface area contributed by atoms with E-state index in [0.29, 0.717) is 12.2 Å². The second-order valence-electron chi connectivity index (χ2n) is 3.16. The fraction of sp³-hybridized carbons (Fsp3) is 0.222. The van der Waals surface area contributed by atoms with Crippen LogP contribution in [0.1, 0.15) is 15.5 Å². The molecule has 2 aromatic heterocycles. The normalized spacial score (nSPS) is 14.5. The number of carbonyl (C=O) groups excluding carboxylic acids is 1. The van der Waals surface area contributed by atoms with Gasteiger partial charge in [-0.15, -0.1) is 16.4 Å². The molecule has 0 amide bonds. The number of carbonyl (C=O) groups is 1. The molecule has 0 aliphatic carbocycles. The number of thioether (sulfide) groups is 1. The highest BCUT2D eigenvalue weighted by atomic mass is 32.2. The highest BCUT2D eigenvalue weighted by molar-refractivity contribution is 8.00. The SMILES string of the molecule is O=C1CSc2nc(Cc3cccs3)nn21. The fourth-order valence-electron chi connectivity index (χ4n) is 1.43. The lowest BCUT2D eigenvalue weighted by Crippen LogP contribution is -2.09. The molecule has 3 heterocycles. The molecule has 2 aromatic rings. The first-order valence-corrected chi connectivity index (χ1v) is 6.34. The molecule has 0 spiro atoms. The van der Waals surface area contributed by atoms with Crippen molar-refractivity contribution in [2.75, 3.05) is 5.75 Å². The van der Waals surface area contributed by atoms with Gasteiger partial charge in [0.15, 0.2) is 11.0 Å². The van der Waals surface area contributed by atoms with Gasteiger partial charge in [0.25, 0.3) is 5.91 Å². The summed E-state index contributed by atoms with van der Waals surface area (Å²) in [6.45, 7) is 0. The van der Waals surface area contributed by atoms with Crippen LogP contribution in [-0.4, -0.2) is 26.4 Å². The standard InChI is InChI=1S/C9H7N3OS2/c13-8-5-15-9-10-7(11-12(8)9)4-6-2-1-3-14-6/h1-3H,4-5H2. The zero-order valence-electron chi connectivity index (χ0n) is 7.71. The third-order valence-electron chi connectivity index (χ3n) is 2.09. The minimum atomic E-state index is 0.0277. The number of nitrogens with zero attached hydrogens (tertiary/aromatic N) is 3. The van der Waals surface area contributed by atoms with Gasteiger partial charge in [0.1, 0.15) is 0 Å². The Hall–Kier alpha value is -1.14. The molecule has 4 nitrogen and oxygen atoms in total. The van der Waals surface area contributed by atoms with Crippen LogP contribution in [0, 0.1) is 0 Å². The van der Waals surface area contributed by atoms with E-state index >= 15 is 0 Å². The van der Waals surface area contributed by atoms with Crippen molar-refractivity contribution in [2.24, 2.45) is 0 Å². The van der Waals surface area contributed by atoms with Crippen molar-refractivity contribution in [3.05, 3.63) is 28.2 Å². The predicted molar refractivity (Wildman–Crippen MR) is 58.5 cm³/mol. The van der Waals surface area contributed by atoms with Crippen molar-refractivity contribution >= 4 is 29.0 Å². The van der Waals surface area contributed by atoms with Gasteiger partial charge in [-0.2, -0.15) is 4.68 Å². The lowest BCUT2D eigenvalue weighted by Gasteiger charge is -1.90. The monoisotopic (exact) mass is 237 g/mol. The lowest BCUT2D eigenvalue weighted by molar-refractivity contribution is 0.0923. The number of rotatable bonds is 2. The molecule has 1 aliphatic rings. The van der Waals surface area contributed by atoms with Gasteiger partial charge in [0.2, 0.25) is 0 Å². The molecular formula is C9H7N3OS2. The Morgan fingerprint density at radius 1 is 1.53 bits per heavy atom. The first-order valence-electron chi connectivity index (χ1n) is 4.47. The van der Waals surface area contributed by atoms with Crippen LogP contribution in [0.2, 0.25) is 0 Å². The maximum Gasteiger partial charge on any atom is 0.259 e. The van der Waals surface area contributed by atoms with Gasteiger partial charge >= 0.3 is 0 Å². The molecule has 0 atom stereocenters. The molecule has 1 aliphatic heterocycles. The molecule has 76 valence electrons. The summed E-state index contributed by atoms with van der Waals surface area (Å²) in [6, 6.07) is 4.05. The predicted octanol–water partition coefficient (Wildman–Crippen LogP) is 1.68. The van der Waals surface area contributed by atoms with Crippen LogP contribution in [0.25, 0.3) is 0 Å². The van der Waals surface area contributed by atoms with Crippen molar-refractivity contribution in [1.82, 2.24) is 14.8 Å². The molecule has 0 saturated heterocycles. The summed E-state index contributed by atoms with van der Waals surface area (Å²) >= 11 is 3.13. The summed E-state index contributed by atoms with van der Waals surface area (Å²) in [5, 5.41) is 6.94. The third-order valence-corrected chi connectivity index (χ3v) is 3.88. The fourth-order valence-corrected chi connectivity index (χ4v) is 2.94. The molecule has 0 aromatic carbocycles. The second-order valence-corrected chi connectivity index (χ2v) is 5.14. The topological polar surface area (TPSA) is 47.8 Å². The van der Waals surface area contributed by atoms with E-state index < -0.39 is 0 Å². The summed E-state index contributed by atoms with van der Waals surface area (Å²) in [7, 11) is 0. The summed E-state index contributed by atoms with van der Waals surface area (Å²) in [5.74, 6) is 1.22. The van der Waals surface area contributed by atoms with Crippen molar-refractivity contribution < 1.29 is 4.79 Å². The van der Waals surface area contributed by atoms with Gasteiger partial charge in [-0.1, -0.05) is 17.8 Å². The number of hydrogen-bond donors (Lipinski definition) is 0. The van der Waals surface area contributed by atoms with Crippen LogP contribution < -0.4 is 0 Å². The highest BCUT2D eigenvalue weighted by Crippen LogP contribution is 2.23. The van der Waals surface area contributed by atoms with Crippen LogP contribution in [-0.2, 0) is 6.42 Å². The van der Waals surface area contributed by atoms with E-state index in [0.717, 1.165) is 11.0 Å². The van der Waals surface area contributed by atoms with Gasteiger partial charge in [0.05, 0.1) is 5.75 Å². The number of hydrogen-bond acceptors (Lipinski definition) is 5. The van der Waals surface area contributed by atoms with E-state index in [9.17, 15) is 4.79 Å². The minimum Gasteiger partial charge on any atom is -0.271 e. The van der Waals surface area contributed by atoms with Crippen molar-refractivity contribution in [3.8, 4) is 0 Å². The molecule has 15 heavy (non-hydrogen) atoms. The molecule has 0 fully saturated rings. The Bertz CT molecular complexity index is 503. The maximum atomic E-state index is 11.3. The van der Waals surface area contributed by atoms with E-state index in [-0.39, 0.29) is 5.91 Å². The number of thiophene rings is 1. The van der Waals surface area contributed by atoms with Gasteiger partial charge in [-0.3, -0.25) is 4.79 Å². The molecule has 0 saturated carbocycles. The molecule has 0 unspecified atom stereocenters. The van der Waals surface area contributed by atoms with Crippen LogP contribution in [0.15, 0.2) is 22.7 Å². The summed E-state index contributed by atoms with van der Waals surface area (Å²) in [5.41, 5.74) is 0. The molecule has 0 N–H and O–H groups in total. The average Bonchev–Trinajstić information content (AvgIpc) is 2.88. The summed E-state index contributed by atoms with van der Waals surface area (Å²) < 4.78 is 1.41. The number of aromatic nitrogens is 3. The quantitative estimate of drug-likeness (QED) is 0.797. The van der Waals surface area contributed by atoms with Gasteiger partial charge in [-0.25, -0.2) is 4.98 Å². The first kappa shape index (κ1) is 9.11. The molecule has 6 heteroatoms. The molecule has 0 bridgehead atoms. The van der Waals surface area contributed by atoms with Crippen LogP contribution in [0.3, 0.4) is 0 Å². The molecule has 3 rings (SSSR count). The molecule has 0 radical (unpaired) electrons. The zero-order valence-corrected chi connectivity index (χ0v) is 9.35. The van der Waals surface area contributed by atoms with Crippen molar-refractivity contribution in [3.63, 3.8) is 0 Å². The Labute approximate surface area is 94.3 Å². The Kier molecular flexibility index (Phi) is 2.10. The molecular weight excluding hydrogens is 230 g/mol. The lowest BCUT2D eigenvalue weighted by atomic mass is 10.3. The number of fused-ring (bicyclic) bond motifs is 1. The Morgan fingerprint density at radius 3 is 3.20 bits per heavy atom. The van der Waals surface area contributed by atoms with E-state index in [2.05, 4.69) is 10.1 Å². The van der Waals surface area contributed by atoms with E-state index in [1.807, 2.05) is 17.5 Å². The second kappa shape index (κ2) is 3.46. The van der Waals surface area contributed by atoms with Gasteiger partial charge in [0, 0.05) is 11.3 Å². The summed E-state index contributed by atoms with van der Waals surface area (Å²) in [6.07, 6.45) is 0.714. The van der Waals surface area contributed by atoms with Crippen LogP contribution in [0.5, 0.6) is 0 Å². The first-order chi connectivity index (χ1) is 7.33. The Morgan fingerprint density at radius 2 is 2.47 bits per heavy atom. The zero-order chi connectivity index (χ0) is 10.3. The van der Waals surface area contributed by atoms with Crippen molar-refractivity contribution in [1.29, 1.82) is 0 Å². The maximum absolute atomic E-state index is 11.3. The smallest absolute Gasteiger partial charge is 0.259 e.